The summed E-state index contributed by atoms with van der Waals surface area (Å²) in [6.45, 7) is 0. The van der Waals surface area contributed by atoms with E-state index < -0.39 is 0 Å². The Hall–Kier alpha value is -1.92. The highest BCUT2D eigenvalue weighted by Crippen LogP contribution is 2.26. The molecule has 0 unspecified atom stereocenters. The first-order valence-electron chi connectivity index (χ1n) is 5.47. The second-order valence-electron chi connectivity index (χ2n) is 3.61. The van der Waals surface area contributed by atoms with Crippen LogP contribution in [-0.2, 0) is 0 Å². The summed E-state index contributed by atoms with van der Waals surface area (Å²) in [6.07, 6.45) is 0. The van der Waals surface area contributed by atoms with Crippen LogP contribution in [0.15, 0.2) is 58.7 Å². The second-order valence-corrected chi connectivity index (χ2v) is 4.98. The lowest BCUT2D eigenvalue weighted by atomic mass is 10.3. The van der Waals surface area contributed by atoms with Gasteiger partial charge in [-0.25, -0.2) is 4.98 Å². The number of hydrogen-bond donors (Lipinski definition) is 0. The Kier molecular flexibility index (Phi) is 3.43. The molecular formula is C12H8ClN5S. The predicted molar refractivity (Wildman–Crippen MR) is 72.5 cm³/mol. The van der Waals surface area contributed by atoms with Crippen molar-refractivity contribution in [2.45, 2.75) is 10.2 Å². The number of hydrogen-bond acceptors (Lipinski definition) is 5. The van der Waals surface area contributed by atoms with Crippen molar-refractivity contribution in [3.05, 3.63) is 53.7 Å². The predicted octanol–water partition coefficient (Wildman–Crippen LogP) is 2.86. The Balaban J connectivity index is 1.93. The van der Waals surface area contributed by atoms with Crippen molar-refractivity contribution in [3.8, 4) is 5.69 Å². The number of aromatic nitrogens is 5. The summed E-state index contributed by atoms with van der Waals surface area (Å²) >= 11 is 7.22. The van der Waals surface area contributed by atoms with Gasteiger partial charge in [0.05, 0.1) is 5.69 Å². The average Bonchev–Trinajstić information content (AvgIpc) is 2.88. The van der Waals surface area contributed by atoms with Gasteiger partial charge >= 0.3 is 0 Å². The third kappa shape index (κ3) is 2.74. The molecule has 7 heteroatoms. The van der Waals surface area contributed by atoms with Crippen LogP contribution < -0.4 is 0 Å². The highest BCUT2D eigenvalue weighted by Gasteiger charge is 2.10. The molecule has 3 aromatic rings. The summed E-state index contributed by atoms with van der Waals surface area (Å²) < 4.78 is 1.66. The monoisotopic (exact) mass is 289 g/mol. The summed E-state index contributed by atoms with van der Waals surface area (Å²) in [7, 11) is 0. The molecule has 0 aliphatic rings. The number of benzene rings is 1. The normalized spacial score (nSPS) is 10.6. The molecule has 0 radical (unpaired) electrons. The van der Waals surface area contributed by atoms with Gasteiger partial charge in [-0.3, -0.25) is 0 Å². The molecule has 0 amide bonds. The van der Waals surface area contributed by atoms with Crippen LogP contribution in [0.3, 0.4) is 0 Å². The van der Waals surface area contributed by atoms with E-state index in [0.29, 0.717) is 10.3 Å². The molecule has 0 N–H and O–H groups in total. The molecule has 0 aliphatic carbocycles. The van der Waals surface area contributed by atoms with E-state index in [2.05, 4.69) is 20.5 Å². The van der Waals surface area contributed by atoms with Crippen molar-refractivity contribution in [1.82, 2.24) is 25.2 Å². The van der Waals surface area contributed by atoms with Crippen molar-refractivity contribution < 1.29 is 0 Å². The van der Waals surface area contributed by atoms with Crippen molar-refractivity contribution in [2.75, 3.05) is 0 Å². The zero-order chi connectivity index (χ0) is 13.1. The van der Waals surface area contributed by atoms with E-state index in [4.69, 9.17) is 11.6 Å². The van der Waals surface area contributed by atoms with Crippen LogP contribution in [0.1, 0.15) is 0 Å². The smallest absolute Gasteiger partial charge is 0.220 e. The molecule has 0 bridgehead atoms. The maximum absolute atomic E-state index is 5.86. The minimum atomic E-state index is 0.448. The van der Waals surface area contributed by atoms with E-state index in [1.807, 2.05) is 42.5 Å². The molecule has 0 saturated carbocycles. The van der Waals surface area contributed by atoms with Gasteiger partial charge in [-0.2, -0.15) is 4.68 Å². The maximum atomic E-state index is 5.86. The molecule has 2 heterocycles. The van der Waals surface area contributed by atoms with Gasteiger partial charge in [-0.15, -0.1) is 5.10 Å². The highest BCUT2D eigenvalue weighted by atomic mass is 35.5. The summed E-state index contributed by atoms with van der Waals surface area (Å²) in [5.41, 5.74) is 0.900. The largest absolute Gasteiger partial charge is 0.229 e. The van der Waals surface area contributed by atoms with Crippen LogP contribution in [0.5, 0.6) is 0 Å². The zero-order valence-corrected chi connectivity index (χ0v) is 11.2. The first kappa shape index (κ1) is 12.1. The first-order valence-corrected chi connectivity index (χ1v) is 6.66. The van der Waals surface area contributed by atoms with Crippen LogP contribution in [0.4, 0.5) is 0 Å². The van der Waals surface area contributed by atoms with Crippen molar-refractivity contribution in [3.63, 3.8) is 0 Å². The van der Waals surface area contributed by atoms with Crippen molar-refractivity contribution in [2.24, 2.45) is 0 Å². The number of nitrogens with zero attached hydrogens (tertiary/aromatic N) is 5. The third-order valence-corrected chi connectivity index (χ3v) is 3.41. The summed E-state index contributed by atoms with van der Waals surface area (Å²) in [4.78, 5) is 4.20. The van der Waals surface area contributed by atoms with Crippen LogP contribution in [0.25, 0.3) is 5.69 Å². The SMILES string of the molecule is Clc1cccc(Sc2nnnn2-c2ccccc2)n1. The standard InChI is InChI=1S/C12H8ClN5S/c13-10-7-4-8-11(14-10)19-12-15-16-17-18(12)9-5-2-1-3-6-9/h1-8H. The molecule has 3 rings (SSSR count). The van der Waals surface area contributed by atoms with E-state index in [-0.39, 0.29) is 0 Å². The van der Waals surface area contributed by atoms with E-state index in [1.54, 1.807) is 10.7 Å². The molecule has 1 aromatic carbocycles. The van der Waals surface area contributed by atoms with Crippen LogP contribution >= 0.6 is 23.4 Å². The topological polar surface area (TPSA) is 56.5 Å². The molecule has 2 aromatic heterocycles. The van der Waals surface area contributed by atoms with Gasteiger partial charge in [0.25, 0.3) is 0 Å². The van der Waals surface area contributed by atoms with Gasteiger partial charge in [0.1, 0.15) is 10.2 Å². The molecule has 0 aliphatic heterocycles. The van der Waals surface area contributed by atoms with E-state index >= 15 is 0 Å². The van der Waals surface area contributed by atoms with Gasteiger partial charge in [0.2, 0.25) is 5.16 Å². The highest BCUT2D eigenvalue weighted by molar-refractivity contribution is 7.99. The summed E-state index contributed by atoms with van der Waals surface area (Å²) in [5, 5.41) is 13.5. The minimum Gasteiger partial charge on any atom is -0.229 e. The number of rotatable bonds is 3. The molecule has 19 heavy (non-hydrogen) atoms. The number of tetrazole rings is 1. The lowest BCUT2D eigenvalue weighted by Gasteiger charge is -2.03. The van der Waals surface area contributed by atoms with Gasteiger partial charge < -0.3 is 0 Å². The second kappa shape index (κ2) is 5.38. The quantitative estimate of drug-likeness (QED) is 0.694. The molecule has 0 fully saturated rings. The van der Waals surface area contributed by atoms with Crippen molar-refractivity contribution in [1.29, 1.82) is 0 Å². The molecule has 94 valence electrons. The Morgan fingerprint density at radius 2 is 1.84 bits per heavy atom. The van der Waals surface area contributed by atoms with E-state index in [1.165, 1.54) is 11.8 Å². The lowest BCUT2D eigenvalue weighted by molar-refractivity contribution is 0.756. The zero-order valence-electron chi connectivity index (χ0n) is 9.64. The van der Waals surface area contributed by atoms with Gasteiger partial charge in [-0.1, -0.05) is 35.9 Å². The fraction of sp³-hybridized carbons (Fsp3) is 0. The lowest BCUT2D eigenvalue weighted by Crippen LogP contribution is -1.98. The van der Waals surface area contributed by atoms with Crippen LogP contribution in [0.2, 0.25) is 5.15 Å². The average molecular weight is 290 g/mol. The summed E-state index contributed by atoms with van der Waals surface area (Å²) in [6, 6.07) is 15.1. The summed E-state index contributed by atoms with van der Waals surface area (Å²) in [5.74, 6) is 0. The number of pyridine rings is 1. The maximum Gasteiger partial charge on any atom is 0.220 e. The van der Waals surface area contributed by atoms with E-state index in [9.17, 15) is 0 Å². The molecule has 0 spiro atoms. The van der Waals surface area contributed by atoms with Crippen LogP contribution in [-0.4, -0.2) is 25.2 Å². The fourth-order valence-electron chi connectivity index (χ4n) is 1.51. The van der Waals surface area contributed by atoms with Crippen molar-refractivity contribution >= 4 is 23.4 Å². The number of halogens is 1. The van der Waals surface area contributed by atoms with Gasteiger partial charge in [-0.05, 0) is 46.5 Å². The van der Waals surface area contributed by atoms with E-state index in [0.717, 1.165) is 10.7 Å². The Labute approximate surface area is 118 Å². The Bertz CT molecular complexity index is 685. The molecule has 0 saturated heterocycles. The first-order chi connectivity index (χ1) is 9.33. The third-order valence-electron chi connectivity index (χ3n) is 2.33. The van der Waals surface area contributed by atoms with Gasteiger partial charge in [0.15, 0.2) is 0 Å². The Morgan fingerprint density at radius 3 is 2.63 bits per heavy atom. The fourth-order valence-corrected chi connectivity index (χ4v) is 2.51. The molecule has 0 atom stereocenters. The van der Waals surface area contributed by atoms with Crippen LogP contribution in [0, 0.1) is 0 Å². The number of para-hydroxylation sites is 1. The van der Waals surface area contributed by atoms with Gasteiger partial charge in [0, 0.05) is 0 Å². The Morgan fingerprint density at radius 1 is 1.00 bits per heavy atom. The molecular weight excluding hydrogens is 282 g/mol. The minimum absolute atomic E-state index is 0.448. The molecule has 5 nitrogen and oxygen atoms in total.